The highest BCUT2D eigenvalue weighted by Crippen LogP contribution is 2.08. The van der Waals surface area contributed by atoms with Crippen LogP contribution in [0.5, 0.6) is 0 Å². The number of hydrogen-bond acceptors (Lipinski definition) is 2. The molecular formula is C14H14N2O. The molecule has 1 aliphatic rings. The van der Waals surface area contributed by atoms with Gasteiger partial charge in [-0.05, 0) is 24.1 Å². The van der Waals surface area contributed by atoms with E-state index in [0.717, 1.165) is 25.1 Å². The molecule has 2 rings (SSSR count). The molecule has 0 bridgehead atoms. The van der Waals surface area contributed by atoms with Crippen LogP contribution in [0.15, 0.2) is 36.4 Å². The second-order valence-corrected chi connectivity index (χ2v) is 4.09. The first kappa shape index (κ1) is 11.4. The fraction of sp³-hybridized carbons (Fsp3) is 0.286. The molecule has 1 amide bonds. The molecule has 0 fully saturated rings. The molecule has 86 valence electrons. The maximum Gasteiger partial charge on any atom is 0.227 e. The molecule has 0 N–H and O–H groups in total. The second kappa shape index (κ2) is 5.31. The van der Waals surface area contributed by atoms with Crippen molar-refractivity contribution in [1.82, 2.24) is 4.90 Å². The van der Waals surface area contributed by atoms with Crippen molar-refractivity contribution in [3.05, 3.63) is 47.5 Å². The summed E-state index contributed by atoms with van der Waals surface area (Å²) in [6.07, 6.45) is 5.49. The molecule has 0 saturated carbocycles. The Morgan fingerprint density at radius 1 is 1.29 bits per heavy atom. The van der Waals surface area contributed by atoms with E-state index >= 15 is 0 Å². The number of carbonyl (C=O) groups excluding carboxylic acids is 1. The van der Waals surface area contributed by atoms with Crippen LogP contribution in [-0.2, 0) is 11.2 Å². The van der Waals surface area contributed by atoms with Gasteiger partial charge in [0, 0.05) is 13.1 Å². The third-order valence-corrected chi connectivity index (χ3v) is 2.85. The van der Waals surface area contributed by atoms with Gasteiger partial charge in [0.15, 0.2) is 0 Å². The minimum absolute atomic E-state index is 0.152. The van der Waals surface area contributed by atoms with E-state index in [-0.39, 0.29) is 5.91 Å². The normalized spacial score (nSPS) is 14.4. The number of amides is 1. The lowest BCUT2D eigenvalue weighted by molar-refractivity contribution is -0.130. The van der Waals surface area contributed by atoms with E-state index in [9.17, 15) is 4.79 Å². The minimum atomic E-state index is 0.152. The van der Waals surface area contributed by atoms with Crippen LogP contribution in [0, 0.1) is 11.3 Å². The molecular weight excluding hydrogens is 212 g/mol. The van der Waals surface area contributed by atoms with Crippen LogP contribution in [0.3, 0.4) is 0 Å². The third-order valence-electron chi connectivity index (χ3n) is 2.85. The monoisotopic (exact) mass is 226 g/mol. The lowest BCUT2D eigenvalue weighted by Gasteiger charge is -2.23. The largest absolute Gasteiger partial charge is 0.338 e. The van der Waals surface area contributed by atoms with E-state index in [4.69, 9.17) is 5.26 Å². The van der Waals surface area contributed by atoms with Crippen molar-refractivity contribution in [3.8, 4) is 6.07 Å². The zero-order valence-electron chi connectivity index (χ0n) is 9.60. The summed E-state index contributed by atoms with van der Waals surface area (Å²) in [6, 6.07) is 9.25. The lowest BCUT2D eigenvalue weighted by Crippen LogP contribution is -2.34. The number of nitrogens with zero attached hydrogens (tertiary/aromatic N) is 2. The average molecular weight is 226 g/mol. The van der Waals surface area contributed by atoms with Crippen LogP contribution in [0.4, 0.5) is 0 Å². The summed E-state index contributed by atoms with van der Waals surface area (Å²) in [5.74, 6) is 0.152. The van der Waals surface area contributed by atoms with Crippen molar-refractivity contribution >= 4 is 5.91 Å². The van der Waals surface area contributed by atoms with Crippen LogP contribution in [0.1, 0.15) is 17.5 Å². The number of hydrogen-bond donors (Lipinski definition) is 0. The SMILES string of the molecule is N#Cc1ccc(CC(=O)N2CC=CCC2)cc1. The Bertz CT molecular complexity index is 468. The summed E-state index contributed by atoms with van der Waals surface area (Å²) in [4.78, 5) is 13.8. The van der Waals surface area contributed by atoms with E-state index in [0.29, 0.717) is 12.0 Å². The molecule has 1 heterocycles. The molecule has 0 radical (unpaired) electrons. The average Bonchev–Trinajstić information content (AvgIpc) is 2.40. The second-order valence-electron chi connectivity index (χ2n) is 4.09. The molecule has 1 aliphatic heterocycles. The third kappa shape index (κ3) is 2.94. The Kier molecular flexibility index (Phi) is 3.56. The van der Waals surface area contributed by atoms with Crippen molar-refractivity contribution < 1.29 is 4.79 Å². The van der Waals surface area contributed by atoms with Crippen LogP contribution in [0.2, 0.25) is 0 Å². The molecule has 0 saturated heterocycles. The van der Waals surface area contributed by atoms with Crippen molar-refractivity contribution in [1.29, 1.82) is 5.26 Å². The van der Waals surface area contributed by atoms with Crippen molar-refractivity contribution in [3.63, 3.8) is 0 Å². The molecule has 3 nitrogen and oxygen atoms in total. The Balaban J connectivity index is 1.98. The standard InChI is InChI=1S/C14H14N2O/c15-11-13-6-4-12(5-7-13)10-14(17)16-8-2-1-3-9-16/h1-2,4-7H,3,8-10H2. The first-order chi connectivity index (χ1) is 8.29. The molecule has 0 atom stereocenters. The van der Waals surface area contributed by atoms with Gasteiger partial charge in [-0.2, -0.15) is 5.26 Å². The Morgan fingerprint density at radius 2 is 2.06 bits per heavy atom. The summed E-state index contributed by atoms with van der Waals surface area (Å²) >= 11 is 0. The molecule has 3 heteroatoms. The van der Waals surface area contributed by atoms with Gasteiger partial charge in [0.2, 0.25) is 5.91 Å². The van der Waals surface area contributed by atoms with Crippen LogP contribution in [-0.4, -0.2) is 23.9 Å². The van der Waals surface area contributed by atoms with Crippen LogP contribution < -0.4 is 0 Å². The van der Waals surface area contributed by atoms with Crippen LogP contribution >= 0.6 is 0 Å². The van der Waals surface area contributed by atoms with Crippen molar-refractivity contribution in [2.45, 2.75) is 12.8 Å². The Labute approximate surface area is 101 Å². The highest BCUT2D eigenvalue weighted by molar-refractivity contribution is 5.79. The molecule has 1 aromatic rings. The summed E-state index contributed by atoms with van der Waals surface area (Å²) < 4.78 is 0. The topological polar surface area (TPSA) is 44.1 Å². The van der Waals surface area contributed by atoms with Crippen molar-refractivity contribution in [2.24, 2.45) is 0 Å². The van der Waals surface area contributed by atoms with Gasteiger partial charge in [-0.3, -0.25) is 4.79 Å². The fourth-order valence-electron chi connectivity index (χ4n) is 1.85. The maximum absolute atomic E-state index is 11.9. The highest BCUT2D eigenvalue weighted by atomic mass is 16.2. The van der Waals surface area contributed by atoms with E-state index in [2.05, 4.69) is 12.1 Å². The smallest absolute Gasteiger partial charge is 0.227 e. The zero-order valence-corrected chi connectivity index (χ0v) is 9.60. The van der Waals surface area contributed by atoms with E-state index in [1.165, 1.54) is 0 Å². The van der Waals surface area contributed by atoms with E-state index in [1.54, 1.807) is 12.1 Å². The van der Waals surface area contributed by atoms with Gasteiger partial charge in [-0.25, -0.2) is 0 Å². The van der Waals surface area contributed by atoms with E-state index < -0.39 is 0 Å². The fourth-order valence-corrected chi connectivity index (χ4v) is 1.85. The summed E-state index contributed by atoms with van der Waals surface area (Å²) in [6.45, 7) is 1.53. The maximum atomic E-state index is 11.9. The lowest BCUT2D eigenvalue weighted by atomic mass is 10.1. The van der Waals surface area contributed by atoms with E-state index in [1.807, 2.05) is 23.1 Å². The molecule has 0 aromatic heterocycles. The zero-order chi connectivity index (χ0) is 12.1. The quantitative estimate of drug-likeness (QED) is 0.723. The molecule has 1 aromatic carbocycles. The number of benzene rings is 1. The number of rotatable bonds is 2. The van der Waals surface area contributed by atoms with Gasteiger partial charge in [-0.15, -0.1) is 0 Å². The first-order valence-electron chi connectivity index (χ1n) is 5.71. The van der Waals surface area contributed by atoms with Gasteiger partial charge in [-0.1, -0.05) is 24.3 Å². The molecule has 17 heavy (non-hydrogen) atoms. The molecule has 0 spiro atoms. The first-order valence-corrected chi connectivity index (χ1v) is 5.71. The Hall–Kier alpha value is -2.08. The van der Waals surface area contributed by atoms with Gasteiger partial charge in [0.05, 0.1) is 18.1 Å². The van der Waals surface area contributed by atoms with Gasteiger partial charge < -0.3 is 4.90 Å². The molecule has 0 unspecified atom stereocenters. The Morgan fingerprint density at radius 3 is 2.65 bits per heavy atom. The predicted octanol–water partition coefficient (Wildman–Crippen LogP) is 1.89. The molecule has 0 aliphatic carbocycles. The summed E-state index contributed by atoms with van der Waals surface area (Å²) in [5, 5.41) is 8.68. The predicted molar refractivity (Wildman–Crippen MR) is 65.2 cm³/mol. The van der Waals surface area contributed by atoms with Crippen molar-refractivity contribution in [2.75, 3.05) is 13.1 Å². The van der Waals surface area contributed by atoms with Gasteiger partial charge in [0.1, 0.15) is 0 Å². The van der Waals surface area contributed by atoms with Gasteiger partial charge >= 0.3 is 0 Å². The summed E-state index contributed by atoms with van der Waals surface area (Å²) in [7, 11) is 0. The highest BCUT2D eigenvalue weighted by Gasteiger charge is 2.13. The van der Waals surface area contributed by atoms with Crippen LogP contribution in [0.25, 0.3) is 0 Å². The van der Waals surface area contributed by atoms with Gasteiger partial charge in [0.25, 0.3) is 0 Å². The summed E-state index contributed by atoms with van der Waals surface area (Å²) in [5.41, 5.74) is 1.59. The number of nitriles is 1. The number of carbonyl (C=O) groups is 1. The minimum Gasteiger partial charge on any atom is -0.338 e.